The Labute approximate surface area is 66.7 Å². The van der Waals surface area contributed by atoms with E-state index < -0.39 is 0 Å². The standard InChI is InChI=1S/C7H5NS.CH4/c8-5-6-3-1-2-4-7(6)9;/h1-4,9H;1H4. The van der Waals surface area contributed by atoms with Gasteiger partial charge >= 0.3 is 0 Å². The number of rotatable bonds is 0. The number of hydrogen-bond donors (Lipinski definition) is 1. The summed E-state index contributed by atoms with van der Waals surface area (Å²) in [6, 6.07) is 9.22. The lowest BCUT2D eigenvalue weighted by Crippen LogP contribution is -1.73. The van der Waals surface area contributed by atoms with Gasteiger partial charge in [0.05, 0.1) is 5.56 Å². The van der Waals surface area contributed by atoms with E-state index in [4.69, 9.17) is 5.26 Å². The molecule has 0 amide bonds. The summed E-state index contributed by atoms with van der Waals surface area (Å²) in [5.41, 5.74) is 0.626. The first-order chi connectivity index (χ1) is 4.34. The molecule has 0 unspecified atom stereocenters. The predicted molar refractivity (Wildman–Crippen MR) is 45.1 cm³/mol. The maximum atomic E-state index is 8.42. The van der Waals surface area contributed by atoms with E-state index in [9.17, 15) is 0 Å². The Morgan fingerprint density at radius 1 is 1.30 bits per heavy atom. The van der Waals surface area contributed by atoms with E-state index in [0.29, 0.717) is 5.56 Å². The van der Waals surface area contributed by atoms with Crippen molar-refractivity contribution < 1.29 is 0 Å². The number of nitriles is 1. The number of benzene rings is 1. The van der Waals surface area contributed by atoms with Gasteiger partial charge in [-0.25, -0.2) is 0 Å². The second kappa shape index (κ2) is 3.97. The molecule has 52 valence electrons. The van der Waals surface area contributed by atoms with Gasteiger partial charge in [-0.3, -0.25) is 0 Å². The lowest BCUT2D eigenvalue weighted by molar-refractivity contribution is 1.38. The SMILES string of the molecule is C.N#Cc1ccccc1S. The van der Waals surface area contributed by atoms with Crippen LogP contribution < -0.4 is 0 Å². The van der Waals surface area contributed by atoms with Crippen molar-refractivity contribution in [1.82, 2.24) is 0 Å². The largest absolute Gasteiger partial charge is 0.192 e. The van der Waals surface area contributed by atoms with Crippen LogP contribution in [0.3, 0.4) is 0 Å². The van der Waals surface area contributed by atoms with E-state index in [2.05, 4.69) is 12.6 Å². The zero-order valence-corrected chi connectivity index (χ0v) is 5.60. The molecule has 0 aliphatic rings. The molecule has 0 fully saturated rings. The molecule has 0 atom stereocenters. The second-order valence-electron chi connectivity index (χ2n) is 1.63. The fraction of sp³-hybridized carbons (Fsp3) is 0.125. The minimum atomic E-state index is 0. The van der Waals surface area contributed by atoms with Crippen LogP contribution in [-0.2, 0) is 0 Å². The van der Waals surface area contributed by atoms with Crippen molar-refractivity contribution in [3.8, 4) is 6.07 Å². The van der Waals surface area contributed by atoms with Crippen LogP contribution in [0.2, 0.25) is 0 Å². The van der Waals surface area contributed by atoms with Crippen LogP contribution in [0, 0.1) is 11.3 Å². The van der Waals surface area contributed by atoms with Crippen molar-refractivity contribution >= 4 is 12.6 Å². The van der Waals surface area contributed by atoms with Crippen LogP contribution in [0.1, 0.15) is 13.0 Å². The molecule has 1 rings (SSSR count). The average molecular weight is 151 g/mol. The molecule has 1 aromatic carbocycles. The van der Waals surface area contributed by atoms with Crippen molar-refractivity contribution in [1.29, 1.82) is 5.26 Å². The van der Waals surface area contributed by atoms with Crippen LogP contribution >= 0.6 is 12.6 Å². The van der Waals surface area contributed by atoms with Crippen LogP contribution in [0.5, 0.6) is 0 Å². The second-order valence-corrected chi connectivity index (χ2v) is 2.11. The van der Waals surface area contributed by atoms with E-state index in [1.807, 2.05) is 18.2 Å². The monoisotopic (exact) mass is 151 g/mol. The van der Waals surface area contributed by atoms with E-state index in [0.717, 1.165) is 4.90 Å². The van der Waals surface area contributed by atoms with E-state index in [-0.39, 0.29) is 7.43 Å². The highest BCUT2D eigenvalue weighted by Gasteiger charge is 1.91. The lowest BCUT2D eigenvalue weighted by Gasteiger charge is -1.89. The van der Waals surface area contributed by atoms with Gasteiger partial charge in [0, 0.05) is 4.90 Å². The summed E-state index contributed by atoms with van der Waals surface area (Å²) in [5.74, 6) is 0. The Balaban J connectivity index is 0.000000810. The zero-order valence-electron chi connectivity index (χ0n) is 4.70. The van der Waals surface area contributed by atoms with E-state index in [1.54, 1.807) is 12.1 Å². The van der Waals surface area contributed by atoms with Gasteiger partial charge in [-0.1, -0.05) is 19.6 Å². The molecule has 0 heterocycles. The van der Waals surface area contributed by atoms with E-state index in [1.165, 1.54) is 0 Å². The highest BCUT2D eigenvalue weighted by atomic mass is 32.1. The highest BCUT2D eigenvalue weighted by Crippen LogP contribution is 2.10. The lowest BCUT2D eigenvalue weighted by atomic mass is 10.2. The third-order valence-electron chi connectivity index (χ3n) is 1.02. The first-order valence-electron chi connectivity index (χ1n) is 2.52. The molecule has 0 bridgehead atoms. The molecule has 2 heteroatoms. The maximum absolute atomic E-state index is 8.42. The molecule has 0 saturated carbocycles. The molecular formula is C8H9NS. The molecule has 0 N–H and O–H groups in total. The van der Waals surface area contributed by atoms with Gasteiger partial charge in [-0.15, -0.1) is 12.6 Å². The Morgan fingerprint density at radius 3 is 2.30 bits per heavy atom. The topological polar surface area (TPSA) is 23.8 Å². The summed E-state index contributed by atoms with van der Waals surface area (Å²) in [6.45, 7) is 0. The van der Waals surface area contributed by atoms with Crippen LogP contribution in [0.15, 0.2) is 29.2 Å². The summed E-state index contributed by atoms with van der Waals surface area (Å²) in [5, 5.41) is 8.42. The van der Waals surface area contributed by atoms with Gasteiger partial charge in [0.1, 0.15) is 6.07 Å². The molecule has 0 saturated heterocycles. The van der Waals surface area contributed by atoms with Gasteiger partial charge in [0.2, 0.25) is 0 Å². The fourth-order valence-corrected chi connectivity index (χ4v) is 0.779. The number of nitrogens with zero attached hydrogens (tertiary/aromatic N) is 1. The van der Waals surface area contributed by atoms with Gasteiger partial charge < -0.3 is 0 Å². The van der Waals surface area contributed by atoms with Crippen molar-refractivity contribution in [3.63, 3.8) is 0 Å². The zero-order chi connectivity index (χ0) is 6.69. The molecule has 1 nitrogen and oxygen atoms in total. The third kappa shape index (κ3) is 1.78. The minimum Gasteiger partial charge on any atom is -0.192 e. The molecular weight excluding hydrogens is 142 g/mol. The Kier molecular flexibility index (Phi) is 3.60. The van der Waals surface area contributed by atoms with Crippen LogP contribution in [-0.4, -0.2) is 0 Å². The molecule has 0 aliphatic carbocycles. The highest BCUT2D eigenvalue weighted by molar-refractivity contribution is 7.80. The molecule has 10 heavy (non-hydrogen) atoms. The molecule has 0 spiro atoms. The average Bonchev–Trinajstić information content (AvgIpc) is 1.89. The van der Waals surface area contributed by atoms with Gasteiger partial charge in [-0.05, 0) is 12.1 Å². The molecule has 0 radical (unpaired) electrons. The van der Waals surface area contributed by atoms with Crippen LogP contribution in [0.25, 0.3) is 0 Å². The first kappa shape index (κ1) is 9.06. The Morgan fingerprint density at radius 2 is 1.90 bits per heavy atom. The smallest absolute Gasteiger partial charge is 0.100 e. The predicted octanol–water partition coefficient (Wildman–Crippen LogP) is 2.48. The van der Waals surface area contributed by atoms with Crippen molar-refractivity contribution in [3.05, 3.63) is 29.8 Å². The van der Waals surface area contributed by atoms with Crippen molar-refractivity contribution in [2.24, 2.45) is 0 Å². The van der Waals surface area contributed by atoms with Gasteiger partial charge in [-0.2, -0.15) is 5.26 Å². The summed E-state index contributed by atoms with van der Waals surface area (Å²) in [7, 11) is 0. The number of thiol groups is 1. The summed E-state index contributed by atoms with van der Waals surface area (Å²) in [4.78, 5) is 0.736. The van der Waals surface area contributed by atoms with Crippen LogP contribution in [0.4, 0.5) is 0 Å². The van der Waals surface area contributed by atoms with E-state index >= 15 is 0 Å². The van der Waals surface area contributed by atoms with Crippen molar-refractivity contribution in [2.45, 2.75) is 12.3 Å². The Bertz CT molecular complexity index is 250. The molecule has 1 aromatic rings. The van der Waals surface area contributed by atoms with Gasteiger partial charge in [0.25, 0.3) is 0 Å². The summed E-state index contributed by atoms with van der Waals surface area (Å²) < 4.78 is 0. The third-order valence-corrected chi connectivity index (χ3v) is 1.41. The quantitative estimate of drug-likeness (QED) is 0.566. The maximum Gasteiger partial charge on any atom is 0.100 e. The Hall–Kier alpha value is -0.940. The summed E-state index contributed by atoms with van der Waals surface area (Å²) in [6.07, 6.45) is 0. The first-order valence-corrected chi connectivity index (χ1v) is 2.97. The summed E-state index contributed by atoms with van der Waals surface area (Å²) >= 11 is 4.06. The number of hydrogen-bond acceptors (Lipinski definition) is 2. The molecule has 0 aromatic heterocycles. The van der Waals surface area contributed by atoms with Crippen molar-refractivity contribution in [2.75, 3.05) is 0 Å². The molecule has 0 aliphatic heterocycles. The fourth-order valence-electron chi connectivity index (χ4n) is 0.568. The normalized spacial score (nSPS) is 7.60. The minimum absolute atomic E-state index is 0. The van der Waals surface area contributed by atoms with Gasteiger partial charge in [0.15, 0.2) is 0 Å².